The highest BCUT2D eigenvalue weighted by Gasteiger charge is 2.19. The lowest BCUT2D eigenvalue weighted by Crippen LogP contribution is -2.19. The van der Waals surface area contributed by atoms with Crippen LogP contribution in [0, 0.1) is 6.92 Å². The molecule has 1 aliphatic heterocycles. The van der Waals surface area contributed by atoms with Crippen LogP contribution in [-0.2, 0) is 6.42 Å². The molecule has 1 nitrogen and oxygen atoms in total. The van der Waals surface area contributed by atoms with E-state index in [1.165, 1.54) is 33.6 Å². The third kappa shape index (κ3) is 2.85. The molecule has 3 rings (SSSR count). The Bertz CT molecular complexity index is 720. The van der Waals surface area contributed by atoms with E-state index in [9.17, 15) is 0 Å². The molecule has 0 N–H and O–H groups in total. The molecule has 2 aromatic rings. The number of para-hydroxylation sites is 1. The summed E-state index contributed by atoms with van der Waals surface area (Å²) in [5.74, 6) is 0. The molecule has 0 unspecified atom stereocenters. The minimum absolute atomic E-state index is 0.944. The van der Waals surface area contributed by atoms with Crippen LogP contribution < -0.4 is 4.90 Å². The number of rotatable bonds is 2. The third-order valence-corrected chi connectivity index (χ3v) is 4.32. The van der Waals surface area contributed by atoms with Crippen molar-refractivity contribution < 1.29 is 0 Å². The van der Waals surface area contributed by atoms with E-state index < -0.39 is 0 Å². The van der Waals surface area contributed by atoms with Crippen molar-refractivity contribution in [3.8, 4) is 0 Å². The number of anilines is 2. The Morgan fingerprint density at radius 3 is 2.41 bits per heavy atom. The summed E-state index contributed by atoms with van der Waals surface area (Å²) in [6.45, 7) is 7.42. The zero-order chi connectivity index (χ0) is 15.5. The molecule has 0 saturated carbocycles. The number of hydrogen-bond donors (Lipinski definition) is 0. The molecule has 0 spiro atoms. The van der Waals surface area contributed by atoms with Crippen molar-refractivity contribution >= 4 is 11.4 Å². The SMILES string of the molecule is C/C=C\C1=C(C)CN(c2ccc(C)cc2)c2ccccc2C1. The average Bonchev–Trinajstić information content (AvgIpc) is 2.66. The third-order valence-electron chi connectivity index (χ3n) is 4.32. The van der Waals surface area contributed by atoms with Gasteiger partial charge in [0.25, 0.3) is 0 Å². The lowest BCUT2D eigenvalue weighted by Gasteiger charge is -2.26. The standard InChI is InChI=1S/C21H23N/c1-4-7-18-14-19-8-5-6-9-21(19)22(15-17(18)3)20-12-10-16(2)11-13-20/h4-13H,14-15H2,1-3H3/b7-4-. The van der Waals surface area contributed by atoms with Crippen molar-refractivity contribution in [2.24, 2.45) is 0 Å². The number of fused-ring (bicyclic) bond motifs is 1. The molecule has 0 saturated heterocycles. The zero-order valence-electron chi connectivity index (χ0n) is 13.6. The molecule has 0 atom stereocenters. The normalized spacial score (nSPS) is 15.1. The van der Waals surface area contributed by atoms with Crippen molar-refractivity contribution in [2.45, 2.75) is 27.2 Å². The quantitative estimate of drug-likeness (QED) is 0.697. The van der Waals surface area contributed by atoms with Gasteiger partial charge in [-0.15, -0.1) is 0 Å². The Morgan fingerprint density at radius 2 is 1.68 bits per heavy atom. The fourth-order valence-corrected chi connectivity index (χ4v) is 3.06. The summed E-state index contributed by atoms with van der Waals surface area (Å²) in [7, 11) is 0. The Morgan fingerprint density at radius 1 is 0.955 bits per heavy atom. The first-order valence-corrected chi connectivity index (χ1v) is 7.92. The van der Waals surface area contributed by atoms with Crippen molar-refractivity contribution in [3.05, 3.63) is 83.0 Å². The van der Waals surface area contributed by atoms with Crippen molar-refractivity contribution in [2.75, 3.05) is 11.4 Å². The topological polar surface area (TPSA) is 3.24 Å². The Hall–Kier alpha value is -2.28. The van der Waals surface area contributed by atoms with Crippen LogP contribution in [0.25, 0.3) is 0 Å². The monoisotopic (exact) mass is 289 g/mol. The van der Waals surface area contributed by atoms with Gasteiger partial charge in [0.15, 0.2) is 0 Å². The molecule has 22 heavy (non-hydrogen) atoms. The second kappa shape index (κ2) is 6.23. The summed E-state index contributed by atoms with van der Waals surface area (Å²) in [6.07, 6.45) is 5.41. The van der Waals surface area contributed by atoms with Gasteiger partial charge >= 0.3 is 0 Å². The first kappa shape index (κ1) is 14.6. The van der Waals surface area contributed by atoms with Crippen molar-refractivity contribution in [3.63, 3.8) is 0 Å². The van der Waals surface area contributed by atoms with Gasteiger partial charge < -0.3 is 4.90 Å². The number of hydrogen-bond acceptors (Lipinski definition) is 1. The van der Waals surface area contributed by atoms with Gasteiger partial charge in [-0.05, 0) is 56.5 Å². The van der Waals surface area contributed by atoms with E-state index in [0.29, 0.717) is 0 Å². The Labute approximate surface area is 133 Å². The van der Waals surface area contributed by atoms with Crippen LogP contribution in [0.5, 0.6) is 0 Å². The molecule has 0 aliphatic carbocycles. The smallest absolute Gasteiger partial charge is 0.0449 e. The summed E-state index contributed by atoms with van der Waals surface area (Å²) in [6, 6.07) is 17.6. The van der Waals surface area contributed by atoms with Crippen LogP contribution in [0.15, 0.2) is 71.8 Å². The molecule has 112 valence electrons. The molecule has 1 heterocycles. The van der Waals surface area contributed by atoms with E-state index in [1.54, 1.807) is 0 Å². The molecule has 2 aromatic carbocycles. The highest BCUT2D eigenvalue weighted by molar-refractivity contribution is 5.69. The molecule has 1 aliphatic rings. The van der Waals surface area contributed by atoms with Crippen LogP contribution in [0.1, 0.15) is 25.0 Å². The van der Waals surface area contributed by atoms with Gasteiger partial charge in [-0.2, -0.15) is 0 Å². The number of benzene rings is 2. The first-order valence-electron chi connectivity index (χ1n) is 7.92. The Kier molecular flexibility index (Phi) is 4.15. The van der Waals surface area contributed by atoms with Crippen LogP contribution >= 0.6 is 0 Å². The second-order valence-corrected chi connectivity index (χ2v) is 6.03. The van der Waals surface area contributed by atoms with Gasteiger partial charge in [-0.25, -0.2) is 0 Å². The highest BCUT2D eigenvalue weighted by atomic mass is 15.1. The highest BCUT2D eigenvalue weighted by Crippen LogP contribution is 2.34. The van der Waals surface area contributed by atoms with E-state index in [2.05, 4.69) is 86.4 Å². The molecular weight excluding hydrogens is 266 g/mol. The second-order valence-electron chi connectivity index (χ2n) is 6.03. The van der Waals surface area contributed by atoms with E-state index in [-0.39, 0.29) is 0 Å². The van der Waals surface area contributed by atoms with Crippen molar-refractivity contribution in [1.82, 2.24) is 0 Å². The molecule has 0 aromatic heterocycles. The van der Waals surface area contributed by atoms with Gasteiger partial charge in [0.1, 0.15) is 0 Å². The van der Waals surface area contributed by atoms with Crippen LogP contribution in [0.4, 0.5) is 11.4 Å². The largest absolute Gasteiger partial charge is 0.337 e. The van der Waals surface area contributed by atoms with Crippen LogP contribution in [0.2, 0.25) is 0 Å². The minimum atomic E-state index is 0.944. The van der Waals surface area contributed by atoms with E-state index in [4.69, 9.17) is 0 Å². The minimum Gasteiger partial charge on any atom is -0.337 e. The summed E-state index contributed by atoms with van der Waals surface area (Å²) in [4.78, 5) is 2.43. The summed E-state index contributed by atoms with van der Waals surface area (Å²) >= 11 is 0. The molecule has 0 bridgehead atoms. The fraction of sp³-hybridized carbons (Fsp3) is 0.238. The number of allylic oxidation sites excluding steroid dienone is 3. The van der Waals surface area contributed by atoms with Gasteiger partial charge in [0, 0.05) is 17.9 Å². The fourth-order valence-electron chi connectivity index (χ4n) is 3.06. The number of nitrogens with zero attached hydrogens (tertiary/aromatic N) is 1. The molecule has 0 fully saturated rings. The molecular formula is C21H23N. The molecule has 0 amide bonds. The van der Waals surface area contributed by atoms with Crippen molar-refractivity contribution in [1.29, 1.82) is 0 Å². The lowest BCUT2D eigenvalue weighted by molar-refractivity contribution is 1.03. The van der Waals surface area contributed by atoms with E-state index in [1.807, 2.05) is 0 Å². The van der Waals surface area contributed by atoms with Gasteiger partial charge in [0.05, 0.1) is 0 Å². The first-order chi connectivity index (χ1) is 10.7. The maximum absolute atomic E-state index is 2.43. The summed E-state index contributed by atoms with van der Waals surface area (Å²) in [5, 5.41) is 0. The maximum atomic E-state index is 2.43. The van der Waals surface area contributed by atoms with Gasteiger partial charge in [0.2, 0.25) is 0 Å². The zero-order valence-corrected chi connectivity index (χ0v) is 13.6. The van der Waals surface area contributed by atoms with Gasteiger partial charge in [-0.3, -0.25) is 0 Å². The maximum Gasteiger partial charge on any atom is 0.0449 e. The van der Waals surface area contributed by atoms with E-state index in [0.717, 1.165) is 13.0 Å². The van der Waals surface area contributed by atoms with E-state index >= 15 is 0 Å². The number of aryl methyl sites for hydroxylation is 1. The predicted molar refractivity (Wildman–Crippen MR) is 95.8 cm³/mol. The van der Waals surface area contributed by atoms with Gasteiger partial charge in [-0.1, -0.05) is 53.6 Å². The molecule has 1 heteroatoms. The average molecular weight is 289 g/mol. The summed E-state index contributed by atoms with van der Waals surface area (Å²) < 4.78 is 0. The Balaban J connectivity index is 2.11. The predicted octanol–water partition coefficient (Wildman–Crippen LogP) is 5.58. The molecule has 0 radical (unpaired) electrons. The van der Waals surface area contributed by atoms with Crippen LogP contribution in [0.3, 0.4) is 0 Å². The van der Waals surface area contributed by atoms with Crippen LogP contribution in [-0.4, -0.2) is 6.54 Å². The lowest BCUT2D eigenvalue weighted by atomic mass is 10.0. The summed E-state index contributed by atoms with van der Waals surface area (Å²) in [5.41, 5.74) is 8.16.